The summed E-state index contributed by atoms with van der Waals surface area (Å²) in [7, 11) is 0. The summed E-state index contributed by atoms with van der Waals surface area (Å²) in [5.41, 5.74) is 0. The second-order valence-electron chi connectivity index (χ2n) is 5.35. The Bertz CT molecular complexity index is 347. The molecule has 0 amide bonds. The van der Waals surface area contributed by atoms with E-state index < -0.39 is 0 Å². The van der Waals surface area contributed by atoms with Gasteiger partial charge in [0.1, 0.15) is 12.2 Å². The lowest BCUT2D eigenvalue weighted by Gasteiger charge is -2.19. The van der Waals surface area contributed by atoms with Crippen LogP contribution in [0.25, 0.3) is 0 Å². The fourth-order valence-corrected chi connectivity index (χ4v) is 3.06. The number of aryl methyl sites for hydroxylation is 1. The third kappa shape index (κ3) is 3.31. The summed E-state index contributed by atoms with van der Waals surface area (Å²) >= 11 is 0. The first-order valence-corrected chi connectivity index (χ1v) is 7.42. The molecule has 0 aromatic carbocycles. The highest BCUT2D eigenvalue weighted by Gasteiger charge is 2.28. The molecule has 4 heteroatoms. The number of hydrogen-bond donors (Lipinski definition) is 1. The Kier molecular flexibility index (Phi) is 5.17. The fraction of sp³-hybridized carbons (Fsp3) is 0.857. The molecule has 1 aromatic rings. The summed E-state index contributed by atoms with van der Waals surface area (Å²) < 4.78 is 2.04. The summed E-state index contributed by atoms with van der Waals surface area (Å²) in [6.07, 6.45) is 8.13. The Hall–Kier alpha value is -0.900. The highest BCUT2D eigenvalue weighted by molar-refractivity contribution is 4.91. The molecule has 4 nitrogen and oxygen atoms in total. The number of hydrogen-bond acceptors (Lipinski definition) is 3. The van der Waals surface area contributed by atoms with Crippen LogP contribution in [-0.2, 0) is 13.0 Å². The quantitative estimate of drug-likeness (QED) is 0.755. The van der Waals surface area contributed by atoms with Crippen LogP contribution in [0.5, 0.6) is 0 Å². The minimum Gasteiger partial charge on any atom is -0.316 e. The molecule has 102 valence electrons. The standard InChI is InChI=1S/C14H26N4/c1-3-8-15-10-13-7-5-6-12(13)9-14-16-11-17-18(14)4-2/h11-13,15H,3-10H2,1-2H3. The molecule has 1 aromatic heterocycles. The second-order valence-corrected chi connectivity index (χ2v) is 5.35. The van der Waals surface area contributed by atoms with Gasteiger partial charge < -0.3 is 5.32 Å². The van der Waals surface area contributed by atoms with Crippen LogP contribution in [0, 0.1) is 11.8 Å². The Morgan fingerprint density at radius 2 is 2.17 bits per heavy atom. The van der Waals surface area contributed by atoms with E-state index in [0.717, 1.165) is 31.3 Å². The zero-order valence-electron chi connectivity index (χ0n) is 11.7. The monoisotopic (exact) mass is 250 g/mol. The highest BCUT2D eigenvalue weighted by Crippen LogP contribution is 2.33. The van der Waals surface area contributed by atoms with Gasteiger partial charge in [-0.3, -0.25) is 4.68 Å². The summed E-state index contributed by atoms with van der Waals surface area (Å²) in [4.78, 5) is 4.41. The van der Waals surface area contributed by atoms with E-state index in [2.05, 4.69) is 29.2 Å². The first-order valence-electron chi connectivity index (χ1n) is 7.42. The first kappa shape index (κ1) is 13.5. The molecular formula is C14H26N4. The Morgan fingerprint density at radius 1 is 1.33 bits per heavy atom. The fourth-order valence-electron chi connectivity index (χ4n) is 3.06. The highest BCUT2D eigenvalue weighted by atomic mass is 15.3. The minimum atomic E-state index is 0.795. The largest absolute Gasteiger partial charge is 0.316 e. The molecular weight excluding hydrogens is 224 g/mol. The van der Waals surface area contributed by atoms with E-state index in [9.17, 15) is 0 Å². The van der Waals surface area contributed by atoms with Crippen molar-refractivity contribution in [2.24, 2.45) is 11.8 Å². The molecule has 0 radical (unpaired) electrons. The molecule has 0 aliphatic heterocycles. The zero-order chi connectivity index (χ0) is 12.8. The van der Waals surface area contributed by atoms with Crippen molar-refractivity contribution in [1.29, 1.82) is 0 Å². The summed E-state index contributed by atoms with van der Waals surface area (Å²) in [5.74, 6) is 2.80. The lowest BCUT2D eigenvalue weighted by molar-refractivity contribution is 0.354. The van der Waals surface area contributed by atoms with Crippen molar-refractivity contribution < 1.29 is 0 Å². The molecule has 0 bridgehead atoms. The number of nitrogens with one attached hydrogen (secondary N) is 1. The summed E-state index contributed by atoms with van der Waals surface area (Å²) in [6, 6.07) is 0. The van der Waals surface area contributed by atoms with Crippen molar-refractivity contribution in [1.82, 2.24) is 20.1 Å². The van der Waals surface area contributed by atoms with Gasteiger partial charge in [0.2, 0.25) is 0 Å². The number of nitrogens with zero attached hydrogens (tertiary/aromatic N) is 3. The van der Waals surface area contributed by atoms with Crippen LogP contribution < -0.4 is 5.32 Å². The molecule has 0 spiro atoms. The zero-order valence-corrected chi connectivity index (χ0v) is 11.7. The third-order valence-electron chi connectivity index (χ3n) is 4.09. The molecule has 0 saturated heterocycles. The van der Waals surface area contributed by atoms with Crippen LogP contribution >= 0.6 is 0 Å². The molecule has 18 heavy (non-hydrogen) atoms. The Morgan fingerprint density at radius 3 is 2.94 bits per heavy atom. The lowest BCUT2D eigenvalue weighted by atomic mass is 9.92. The van der Waals surface area contributed by atoms with Gasteiger partial charge in [-0.1, -0.05) is 13.3 Å². The maximum atomic E-state index is 4.41. The van der Waals surface area contributed by atoms with E-state index >= 15 is 0 Å². The minimum absolute atomic E-state index is 0.795. The maximum absolute atomic E-state index is 4.41. The molecule has 1 saturated carbocycles. The molecule has 1 aliphatic carbocycles. The van der Waals surface area contributed by atoms with Gasteiger partial charge in [-0.15, -0.1) is 0 Å². The van der Waals surface area contributed by atoms with Gasteiger partial charge in [-0.25, -0.2) is 4.98 Å². The molecule has 2 unspecified atom stereocenters. The molecule has 1 aliphatic rings. The van der Waals surface area contributed by atoms with Gasteiger partial charge in [0.15, 0.2) is 0 Å². The van der Waals surface area contributed by atoms with Gasteiger partial charge in [0, 0.05) is 13.0 Å². The van der Waals surface area contributed by atoms with Crippen LogP contribution in [0.2, 0.25) is 0 Å². The van der Waals surface area contributed by atoms with E-state index in [-0.39, 0.29) is 0 Å². The van der Waals surface area contributed by atoms with E-state index in [1.165, 1.54) is 38.1 Å². The normalized spacial score (nSPS) is 23.7. The van der Waals surface area contributed by atoms with Crippen molar-refractivity contribution in [2.45, 2.75) is 52.5 Å². The van der Waals surface area contributed by atoms with Crippen molar-refractivity contribution in [3.8, 4) is 0 Å². The Labute approximate surface area is 110 Å². The molecule has 2 atom stereocenters. The predicted octanol–water partition coefficient (Wildman–Crippen LogP) is 2.26. The van der Waals surface area contributed by atoms with Crippen LogP contribution in [0.3, 0.4) is 0 Å². The van der Waals surface area contributed by atoms with Crippen LogP contribution in [0.1, 0.15) is 45.4 Å². The van der Waals surface area contributed by atoms with Gasteiger partial charge in [0.25, 0.3) is 0 Å². The number of aromatic nitrogens is 3. The van der Waals surface area contributed by atoms with E-state index in [1.54, 1.807) is 6.33 Å². The van der Waals surface area contributed by atoms with Gasteiger partial charge in [-0.05, 0) is 51.1 Å². The SMILES string of the molecule is CCCNCC1CCCC1Cc1ncnn1CC. The maximum Gasteiger partial charge on any atom is 0.138 e. The van der Waals surface area contributed by atoms with Crippen LogP contribution in [-0.4, -0.2) is 27.9 Å². The van der Waals surface area contributed by atoms with Crippen LogP contribution in [0.4, 0.5) is 0 Å². The topological polar surface area (TPSA) is 42.7 Å². The average Bonchev–Trinajstić information content (AvgIpc) is 3.00. The van der Waals surface area contributed by atoms with Crippen molar-refractivity contribution in [3.05, 3.63) is 12.2 Å². The lowest BCUT2D eigenvalue weighted by Crippen LogP contribution is -2.27. The predicted molar refractivity (Wildman–Crippen MR) is 73.4 cm³/mol. The van der Waals surface area contributed by atoms with E-state index in [1.807, 2.05) is 4.68 Å². The summed E-state index contributed by atoms with van der Waals surface area (Å²) in [6.45, 7) is 7.61. The van der Waals surface area contributed by atoms with Crippen molar-refractivity contribution >= 4 is 0 Å². The Balaban J connectivity index is 1.87. The van der Waals surface area contributed by atoms with Gasteiger partial charge in [-0.2, -0.15) is 5.10 Å². The summed E-state index contributed by atoms with van der Waals surface area (Å²) in [5, 5.41) is 7.84. The first-order chi connectivity index (χ1) is 8.85. The van der Waals surface area contributed by atoms with Crippen molar-refractivity contribution in [2.75, 3.05) is 13.1 Å². The smallest absolute Gasteiger partial charge is 0.138 e. The van der Waals surface area contributed by atoms with Crippen LogP contribution in [0.15, 0.2) is 6.33 Å². The second kappa shape index (κ2) is 6.88. The van der Waals surface area contributed by atoms with Gasteiger partial charge >= 0.3 is 0 Å². The van der Waals surface area contributed by atoms with E-state index in [4.69, 9.17) is 0 Å². The molecule has 2 rings (SSSR count). The molecule has 1 N–H and O–H groups in total. The average molecular weight is 250 g/mol. The van der Waals surface area contributed by atoms with E-state index in [0.29, 0.717) is 0 Å². The molecule has 1 heterocycles. The molecule has 1 fully saturated rings. The third-order valence-corrected chi connectivity index (χ3v) is 4.09. The van der Waals surface area contributed by atoms with Crippen molar-refractivity contribution in [3.63, 3.8) is 0 Å². The van der Waals surface area contributed by atoms with Gasteiger partial charge in [0.05, 0.1) is 0 Å². The number of rotatable bonds is 7.